The molecule has 6 heteroatoms. The SMILES string of the molecule is COc1ccc(C(CN)Sc2n[nH]c(C)n2)cc1. The van der Waals surface area contributed by atoms with Crippen molar-refractivity contribution in [3.05, 3.63) is 35.7 Å². The molecule has 0 saturated carbocycles. The van der Waals surface area contributed by atoms with E-state index in [9.17, 15) is 0 Å². The number of ether oxygens (including phenoxy) is 1. The molecule has 0 aliphatic rings. The van der Waals surface area contributed by atoms with Gasteiger partial charge in [-0.05, 0) is 24.6 Å². The molecule has 0 aliphatic carbocycles. The lowest BCUT2D eigenvalue weighted by molar-refractivity contribution is 0.414. The van der Waals surface area contributed by atoms with Crippen molar-refractivity contribution in [3.8, 4) is 5.75 Å². The Labute approximate surface area is 110 Å². The van der Waals surface area contributed by atoms with Crippen molar-refractivity contribution in [2.24, 2.45) is 5.73 Å². The number of hydrogen-bond donors (Lipinski definition) is 2. The van der Waals surface area contributed by atoms with E-state index >= 15 is 0 Å². The number of hydrogen-bond acceptors (Lipinski definition) is 5. The van der Waals surface area contributed by atoms with Crippen LogP contribution in [0.1, 0.15) is 16.6 Å². The van der Waals surface area contributed by atoms with Gasteiger partial charge in [0.1, 0.15) is 11.6 Å². The Morgan fingerprint density at radius 1 is 1.39 bits per heavy atom. The van der Waals surface area contributed by atoms with Crippen LogP contribution in [0.3, 0.4) is 0 Å². The van der Waals surface area contributed by atoms with Crippen molar-refractivity contribution in [1.82, 2.24) is 15.2 Å². The molecule has 96 valence electrons. The number of methoxy groups -OCH3 is 1. The van der Waals surface area contributed by atoms with Gasteiger partial charge in [-0.15, -0.1) is 5.10 Å². The molecule has 0 amide bonds. The lowest BCUT2D eigenvalue weighted by Gasteiger charge is -2.13. The maximum Gasteiger partial charge on any atom is 0.209 e. The first-order valence-corrected chi connectivity index (χ1v) is 6.50. The molecule has 1 atom stereocenters. The third-order valence-electron chi connectivity index (χ3n) is 2.53. The van der Waals surface area contributed by atoms with Gasteiger partial charge in [0, 0.05) is 11.8 Å². The Bertz CT molecular complexity index is 497. The summed E-state index contributed by atoms with van der Waals surface area (Å²) in [6, 6.07) is 7.90. The number of rotatable bonds is 5. The molecule has 3 N–H and O–H groups in total. The lowest BCUT2D eigenvalue weighted by Crippen LogP contribution is -2.09. The molecule has 1 heterocycles. The van der Waals surface area contributed by atoms with Gasteiger partial charge in [-0.25, -0.2) is 4.98 Å². The minimum absolute atomic E-state index is 0.145. The highest BCUT2D eigenvalue weighted by Gasteiger charge is 2.14. The van der Waals surface area contributed by atoms with Crippen molar-refractivity contribution >= 4 is 11.8 Å². The van der Waals surface area contributed by atoms with E-state index < -0.39 is 0 Å². The Hall–Kier alpha value is -1.53. The highest BCUT2D eigenvalue weighted by atomic mass is 32.2. The molecular formula is C12H16N4OS. The first kappa shape index (κ1) is 12.9. The van der Waals surface area contributed by atoms with Crippen LogP contribution in [0.25, 0.3) is 0 Å². The fraction of sp³-hybridized carbons (Fsp3) is 0.333. The standard InChI is InChI=1S/C12H16N4OS/c1-8-14-12(16-15-8)18-11(7-13)9-3-5-10(17-2)6-4-9/h3-6,11H,7,13H2,1-2H3,(H,14,15,16). The smallest absolute Gasteiger partial charge is 0.209 e. The maximum absolute atomic E-state index is 5.81. The van der Waals surface area contributed by atoms with Crippen LogP contribution in [0.15, 0.2) is 29.4 Å². The second-order valence-electron chi connectivity index (χ2n) is 3.82. The quantitative estimate of drug-likeness (QED) is 0.807. The molecule has 1 unspecified atom stereocenters. The normalized spacial score (nSPS) is 12.4. The number of H-pyrrole nitrogens is 1. The van der Waals surface area contributed by atoms with Gasteiger partial charge in [0.25, 0.3) is 0 Å². The summed E-state index contributed by atoms with van der Waals surface area (Å²) in [7, 11) is 1.65. The number of aromatic amines is 1. The summed E-state index contributed by atoms with van der Waals surface area (Å²) in [4.78, 5) is 4.27. The fourth-order valence-corrected chi connectivity index (χ4v) is 2.50. The van der Waals surface area contributed by atoms with E-state index in [1.165, 1.54) is 0 Å². The molecule has 1 aromatic carbocycles. The number of benzene rings is 1. The van der Waals surface area contributed by atoms with Crippen molar-refractivity contribution in [1.29, 1.82) is 0 Å². The van der Waals surface area contributed by atoms with E-state index in [0.29, 0.717) is 6.54 Å². The van der Waals surface area contributed by atoms with Gasteiger partial charge >= 0.3 is 0 Å². The van der Waals surface area contributed by atoms with Crippen molar-refractivity contribution in [3.63, 3.8) is 0 Å². The molecule has 2 aromatic rings. The summed E-state index contributed by atoms with van der Waals surface area (Å²) in [5.41, 5.74) is 6.96. The molecule has 0 spiro atoms. The van der Waals surface area contributed by atoms with E-state index in [4.69, 9.17) is 10.5 Å². The highest BCUT2D eigenvalue weighted by Crippen LogP contribution is 2.32. The van der Waals surface area contributed by atoms with E-state index in [2.05, 4.69) is 15.2 Å². The van der Waals surface area contributed by atoms with Crippen LogP contribution >= 0.6 is 11.8 Å². The Balaban J connectivity index is 2.12. The number of thioether (sulfide) groups is 1. The second kappa shape index (κ2) is 5.88. The van der Waals surface area contributed by atoms with E-state index in [1.807, 2.05) is 31.2 Å². The zero-order chi connectivity index (χ0) is 13.0. The molecule has 0 aliphatic heterocycles. The van der Waals surface area contributed by atoms with Gasteiger partial charge in [0.15, 0.2) is 0 Å². The minimum Gasteiger partial charge on any atom is -0.497 e. The third kappa shape index (κ3) is 3.02. The van der Waals surface area contributed by atoms with Gasteiger partial charge in [-0.3, -0.25) is 5.10 Å². The van der Waals surface area contributed by atoms with Gasteiger partial charge < -0.3 is 10.5 Å². The topological polar surface area (TPSA) is 76.8 Å². The van der Waals surface area contributed by atoms with Crippen LogP contribution < -0.4 is 10.5 Å². The van der Waals surface area contributed by atoms with E-state index in [-0.39, 0.29) is 5.25 Å². The molecule has 0 saturated heterocycles. The summed E-state index contributed by atoms with van der Waals surface area (Å²) >= 11 is 1.56. The summed E-state index contributed by atoms with van der Waals surface area (Å²) in [6.45, 7) is 2.41. The monoisotopic (exact) mass is 264 g/mol. The Kier molecular flexibility index (Phi) is 4.22. The second-order valence-corrected chi connectivity index (χ2v) is 4.99. The number of nitrogens with two attached hydrogens (primary N) is 1. The summed E-state index contributed by atoms with van der Waals surface area (Å²) in [5, 5.41) is 7.80. The number of aryl methyl sites for hydroxylation is 1. The van der Waals surface area contributed by atoms with Crippen LogP contribution in [0.2, 0.25) is 0 Å². The van der Waals surface area contributed by atoms with E-state index in [0.717, 1.165) is 22.3 Å². The minimum atomic E-state index is 0.145. The zero-order valence-electron chi connectivity index (χ0n) is 10.4. The van der Waals surface area contributed by atoms with Gasteiger partial charge in [0.2, 0.25) is 5.16 Å². The Morgan fingerprint density at radius 3 is 2.61 bits per heavy atom. The fourth-order valence-electron chi connectivity index (χ4n) is 1.57. The number of nitrogens with zero attached hydrogens (tertiary/aromatic N) is 2. The molecule has 5 nitrogen and oxygen atoms in total. The van der Waals surface area contributed by atoms with Crippen LogP contribution in [0.4, 0.5) is 0 Å². The van der Waals surface area contributed by atoms with E-state index in [1.54, 1.807) is 18.9 Å². The van der Waals surface area contributed by atoms with Crippen LogP contribution in [-0.4, -0.2) is 28.8 Å². The van der Waals surface area contributed by atoms with Crippen molar-refractivity contribution in [2.75, 3.05) is 13.7 Å². The summed E-state index contributed by atoms with van der Waals surface area (Å²) in [6.07, 6.45) is 0. The van der Waals surface area contributed by atoms with Crippen molar-refractivity contribution < 1.29 is 4.74 Å². The van der Waals surface area contributed by atoms with Crippen LogP contribution in [0, 0.1) is 6.92 Å². The van der Waals surface area contributed by atoms with Gasteiger partial charge in [-0.2, -0.15) is 0 Å². The predicted octanol–water partition coefficient (Wildman–Crippen LogP) is 1.91. The van der Waals surface area contributed by atoms with Gasteiger partial charge in [0.05, 0.1) is 7.11 Å². The lowest BCUT2D eigenvalue weighted by atomic mass is 10.1. The number of nitrogens with one attached hydrogen (secondary N) is 1. The molecular weight excluding hydrogens is 248 g/mol. The van der Waals surface area contributed by atoms with Gasteiger partial charge in [-0.1, -0.05) is 23.9 Å². The van der Waals surface area contributed by atoms with Crippen LogP contribution in [0.5, 0.6) is 5.75 Å². The van der Waals surface area contributed by atoms with Crippen LogP contribution in [-0.2, 0) is 0 Å². The average Bonchev–Trinajstić information content (AvgIpc) is 2.82. The summed E-state index contributed by atoms with van der Waals surface area (Å²) < 4.78 is 5.14. The largest absolute Gasteiger partial charge is 0.497 e. The third-order valence-corrected chi connectivity index (χ3v) is 3.67. The first-order chi connectivity index (χ1) is 8.72. The molecule has 0 radical (unpaired) electrons. The Morgan fingerprint density at radius 2 is 2.11 bits per heavy atom. The molecule has 2 rings (SSSR count). The molecule has 0 bridgehead atoms. The molecule has 18 heavy (non-hydrogen) atoms. The predicted molar refractivity (Wildman–Crippen MR) is 71.8 cm³/mol. The van der Waals surface area contributed by atoms with Crippen molar-refractivity contribution in [2.45, 2.75) is 17.3 Å². The zero-order valence-corrected chi connectivity index (χ0v) is 11.2. The first-order valence-electron chi connectivity index (χ1n) is 5.62. The maximum atomic E-state index is 5.81. The number of aromatic nitrogens is 3. The molecule has 1 aromatic heterocycles. The average molecular weight is 264 g/mol. The highest BCUT2D eigenvalue weighted by molar-refractivity contribution is 7.99. The summed E-state index contributed by atoms with van der Waals surface area (Å²) in [5.74, 6) is 1.65. The molecule has 0 fully saturated rings.